The van der Waals surface area contributed by atoms with Crippen LogP contribution in [-0.2, 0) is 28.7 Å². The van der Waals surface area contributed by atoms with Gasteiger partial charge in [-0.05, 0) is 40.0 Å². The molecule has 0 aromatic carbocycles. The number of unbranched alkanes of at least 4 members (excludes halogenated alkanes) is 3. The first-order valence-electron chi connectivity index (χ1n) is 13.9. The molecule has 4 aliphatic rings. The third-order valence-corrected chi connectivity index (χ3v) is 8.00. The smallest absolute Gasteiger partial charge is 0.313 e. The second-order valence-corrected chi connectivity index (χ2v) is 11.0. The molecule has 2 N–H and O–H groups in total. The van der Waals surface area contributed by atoms with Crippen LogP contribution in [0.3, 0.4) is 0 Å². The third kappa shape index (κ3) is 5.38. The van der Waals surface area contributed by atoms with Gasteiger partial charge >= 0.3 is 5.97 Å². The van der Waals surface area contributed by atoms with Crippen LogP contribution in [0.15, 0.2) is 24.3 Å². The van der Waals surface area contributed by atoms with E-state index in [1.807, 2.05) is 26.0 Å². The van der Waals surface area contributed by atoms with Gasteiger partial charge in [-0.15, -0.1) is 0 Å². The molecule has 3 amide bonds. The maximum Gasteiger partial charge on any atom is 0.313 e. The lowest BCUT2D eigenvalue weighted by atomic mass is 9.78. The van der Waals surface area contributed by atoms with Crippen molar-refractivity contribution in [2.45, 2.75) is 89.2 Å². The molecular formula is C28H41N3O7. The van der Waals surface area contributed by atoms with E-state index in [1.54, 1.807) is 28.9 Å². The molecule has 1 spiro atoms. The molecule has 0 unspecified atom stereocenters. The molecule has 4 rings (SSSR count). The summed E-state index contributed by atoms with van der Waals surface area (Å²) in [7, 11) is 0. The first-order valence-corrected chi connectivity index (χ1v) is 13.9. The van der Waals surface area contributed by atoms with E-state index in [-0.39, 0.29) is 43.3 Å². The van der Waals surface area contributed by atoms with Crippen LogP contribution in [-0.4, -0.2) is 94.7 Å². The van der Waals surface area contributed by atoms with Gasteiger partial charge in [0.05, 0.1) is 18.6 Å². The molecule has 0 aromatic heterocycles. The number of esters is 1. The number of carbonyl (C=O) groups excluding carboxylic acids is 4. The van der Waals surface area contributed by atoms with Crippen LogP contribution in [0, 0.1) is 11.8 Å². The zero-order valence-corrected chi connectivity index (χ0v) is 22.6. The highest BCUT2D eigenvalue weighted by atomic mass is 16.6. The minimum absolute atomic E-state index is 0.0757. The van der Waals surface area contributed by atoms with Crippen LogP contribution < -0.4 is 5.32 Å². The van der Waals surface area contributed by atoms with Crippen LogP contribution in [0.2, 0.25) is 0 Å². The molecule has 4 heterocycles. The summed E-state index contributed by atoms with van der Waals surface area (Å²) >= 11 is 0. The second-order valence-electron chi connectivity index (χ2n) is 11.0. The van der Waals surface area contributed by atoms with Crippen molar-refractivity contribution in [2.75, 3.05) is 26.2 Å². The quantitative estimate of drug-likeness (QED) is 0.288. The van der Waals surface area contributed by atoms with E-state index in [0.29, 0.717) is 32.4 Å². The Hall–Kier alpha value is -2.72. The standard InChI is InChI=1S/C28H41N3O7/c1-18(2)30-15-10-13-28-23(25(34)31(24(28)26(30)35)14-8-4-5-9-16-32)22-20(38-28)11-6-7-12-21(33)29-17-19(3)37-27(22)36/h6,10-11,13,18-20,22-24,32H,4-5,7-9,12,14-17H2,1-3H3,(H,29,33)/b11-6-/t19-,20-,22+,23+,24-,28+/m0/s1. The summed E-state index contributed by atoms with van der Waals surface area (Å²) in [6.45, 7) is 6.65. The molecule has 0 bridgehead atoms. The van der Waals surface area contributed by atoms with Crippen LogP contribution in [0.4, 0.5) is 0 Å². The number of ether oxygens (including phenoxy) is 2. The Morgan fingerprint density at radius 2 is 1.87 bits per heavy atom. The van der Waals surface area contributed by atoms with Gasteiger partial charge in [-0.1, -0.05) is 37.1 Å². The summed E-state index contributed by atoms with van der Waals surface area (Å²) in [6.07, 6.45) is 9.67. The average molecular weight is 532 g/mol. The molecule has 2 saturated heterocycles. The minimum atomic E-state index is -1.29. The first-order chi connectivity index (χ1) is 18.2. The number of aliphatic hydroxyl groups excluding tert-OH is 1. The van der Waals surface area contributed by atoms with Crippen LogP contribution in [0.5, 0.6) is 0 Å². The maximum atomic E-state index is 14.1. The Labute approximate surface area is 224 Å². The number of amides is 3. The van der Waals surface area contributed by atoms with Gasteiger partial charge in [0, 0.05) is 32.2 Å². The number of fused-ring (bicyclic) bond motifs is 2. The summed E-state index contributed by atoms with van der Waals surface area (Å²) in [5.74, 6) is -2.97. The van der Waals surface area contributed by atoms with E-state index < -0.39 is 41.7 Å². The van der Waals surface area contributed by atoms with Crippen LogP contribution in [0.25, 0.3) is 0 Å². The topological polar surface area (TPSA) is 125 Å². The number of hydrogen-bond donors (Lipinski definition) is 2. The predicted octanol–water partition coefficient (Wildman–Crippen LogP) is 1.32. The number of hydrogen-bond acceptors (Lipinski definition) is 7. The predicted molar refractivity (Wildman–Crippen MR) is 139 cm³/mol. The average Bonchev–Trinajstić information content (AvgIpc) is 3.24. The molecule has 0 radical (unpaired) electrons. The molecule has 2 fully saturated rings. The van der Waals surface area contributed by atoms with E-state index in [0.717, 1.165) is 12.8 Å². The number of allylic oxidation sites excluding steroid dienone is 1. The summed E-state index contributed by atoms with van der Waals surface area (Å²) in [5.41, 5.74) is -1.29. The van der Waals surface area contributed by atoms with Gasteiger partial charge in [0.1, 0.15) is 23.7 Å². The SMILES string of the molecule is CC(C)N1CC=C[C@@]23O[C@H]4/C=C\CCC(=O)NC[C@H](C)OC(=O)[C@H]4[C@@H]2C(=O)N(CCCCCCO)[C@H]3C1=O. The van der Waals surface area contributed by atoms with Crippen molar-refractivity contribution in [2.24, 2.45) is 11.8 Å². The monoisotopic (exact) mass is 531 g/mol. The number of likely N-dealkylation sites (tertiary alicyclic amines) is 1. The van der Waals surface area contributed by atoms with E-state index in [4.69, 9.17) is 14.6 Å². The lowest BCUT2D eigenvalue weighted by molar-refractivity contribution is -0.158. The molecule has 0 saturated carbocycles. The van der Waals surface area contributed by atoms with Gasteiger partial charge in [0.15, 0.2) is 0 Å². The lowest BCUT2D eigenvalue weighted by Gasteiger charge is -2.36. The number of aliphatic hydroxyl groups is 1. The number of rotatable bonds is 7. The third-order valence-electron chi connectivity index (χ3n) is 8.00. The Morgan fingerprint density at radius 3 is 2.61 bits per heavy atom. The van der Waals surface area contributed by atoms with Gasteiger partial charge in [-0.25, -0.2) is 0 Å². The summed E-state index contributed by atoms with van der Waals surface area (Å²) in [4.78, 5) is 57.1. The fraction of sp³-hybridized carbons (Fsp3) is 0.714. The van der Waals surface area contributed by atoms with Crippen LogP contribution >= 0.6 is 0 Å². The van der Waals surface area contributed by atoms with Crippen molar-refractivity contribution in [1.29, 1.82) is 0 Å². The maximum absolute atomic E-state index is 14.1. The molecular weight excluding hydrogens is 490 g/mol. The summed E-state index contributed by atoms with van der Waals surface area (Å²) in [6, 6.07) is -0.961. The summed E-state index contributed by atoms with van der Waals surface area (Å²) in [5, 5.41) is 11.9. The highest BCUT2D eigenvalue weighted by Gasteiger charge is 2.71. The number of carbonyl (C=O) groups is 4. The number of cyclic esters (lactones) is 1. The summed E-state index contributed by atoms with van der Waals surface area (Å²) < 4.78 is 12.3. The minimum Gasteiger partial charge on any atom is -0.460 e. The molecule has 4 aliphatic heterocycles. The zero-order chi connectivity index (χ0) is 27.4. The highest BCUT2D eigenvalue weighted by Crippen LogP contribution is 2.53. The van der Waals surface area contributed by atoms with Crippen molar-refractivity contribution in [1.82, 2.24) is 15.1 Å². The Balaban J connectivity index is 1.72. The lowest BCUT2D eigenvalue weighted by Crippen LogP contribution is -2.56. The number of nitrogens with zero attached hydrogens (tertiary/aromatic N) is 2. The van der Waals surface area contributed by atoms with Crippen molar-refractivity contribution >= 4 is 23.7 Å². The zero-order valence-electron chi connectivity index (χ0n) is 22.6. The molecule has 0 aliphatic carbocycles. The molecule has 0 aromatic rings. The normalized spacial score (nSPS) is 34.6. The van der Waals surface area contributed by atoms with Crippen LogP contribution in [0.1, 0.15) is 59.3 Å². The largest absolute Gasteiger partial charge is 0.460 e. The van der Waals surface area contributed by atoms with Crippen molar-refractivity contribution in [3.05, 3.63) is 24.3 Å². The fourth-order valence-corrected chi connectivity index (χ4v) is 6.13. The van der Waals surface area contributed by atoms with Gasteiger partial charge in [0.25, 0.3) is 0 Å². The van der Waals surface area contributed by atoms with E-state index in [9.17, 15) is 19.2 Å². The Kier molecular flexibility index (Phi) is 8.92. The highest BCUT2D eigenvalue weighted by molar-refractivity contribution is 5.99. The molecule has 38 heavy (non-hydrogen) atoms. The molecule has 10 heteroatoms. The van der Waals surface area contributed by atoms with Crippen molar-refractivity contribution in [3.8, 4) is 0 Å². The molecule has 210 valence electrons. The van der Waals surface area contributed by atoms with Crippen molar-refractivity contribution in [3.63, 3.8) is 0 Å². The van der Waals surface area contributed by atoms with Gasteiger partial charge < -0.3 is 29.7 Å². The Morgan fingerprint density at radius 1 is 1.11 bits per heavy atom. The first kappa shape index (κ1) is 28.3. The van der Waals surface area contributed by atoms with E-state index in [1.165, 1.54) is 0 Å². The second kappa shape index (κ2) is 12.0. The fourth-order valence-electron chi connectivity index (χ4n) is 6.13. The van der Waals surface area contributed by atoms with E-state index in [2.05, 4.69) is 5.32 Å². The van der Waals surface area contributed by atoms with Gasteiger partial charge in [0.2, 0.25) is 17.7 Å². The van der Waals surface area contributed by atoms with Gasteiger partial charge in [-0.3, -0.25) is 19.2 Å². The molecule has 10 nitrogen and oxygen atoms in total. The number of nitrogens with one attached hydrogen (secondary N) is 1. The van der Waals surface area contributed by atoms with E-state index >= 15 is 0 Å². The Bertz CT molecular complexity index is 979. The molecule has 6 atom stereocenters. The van der Waals surface area contributed by atoms with Crippen molar-refractivity contribution < 1.29 is 33.8 Å². The van der Waals surface area contributed by atoms with Gasteiger partial charge in [-0.2, -0.15) is 0 Å².